The van der Waals surface area contributed by atoms with Crippen LogP contribution in [-0.4, -0.2) is 43.4 Å². The molecule has 2 aliphatic rings. The first-order chi connectivity index (χ1) is 11.2. The van der Waals surface area contributed by atoms with E-state index in [0.717, 1.165) is 31.2 Å². The summed E-state index contributed by atoms with van der Waals surface area (Å²) in [6, 6.07) is 0.427. The predicted octanol–water partition coefficient (Wildman–Crippen LogP) is 2.50. The summed E-state index contributed by atoms with van der Waals surface area (Å²) in [6.07, 6.45) is 7.87. The van der Waals surface area contributed by atoms with Crippen molar-refractivity contribution < 1.29 is 9.84 Å². The van der Waals surface area contributed by atoms with Crippen molar-refractivity contribution in [3.05, 3.63) is 11.6 Å². The Balaban J connectivity index is 1.67. The molecule has 1 saturated heterocycles. The summed E-state index contributed by atoms with van der Waals surface area (Å²) < 4.78 is 7.71. The first-order valence-corrected chi connectivity index (χ1v) is 8.55. The Kier molecular flexibility index (Phi) is 4.09. The van der Waals surface area contributed by atoms with Crippen LogP contribution in [0.25, 0.3) is 11.2 Å². The van der Waals surface area contributed by atoms with Crippen molar-refractivity contribution in [2.24, 2.45) is 0 Å². The Labute approximate surface area is 139 Å². The average molecular weight is 338 g/mol. The smallest absolute Gasteiger partial charge is 0.226 e. The SMILES string of the molecule is OCC1CCC(n2cnc3c(NC4CCCC4)nc(Cl)nc32)O1. The Morgan fingerprint density at radius 1 is 1.26 bits per heavy atom. The molecule has 2 atom stereocenters. The second-order valence-electron chi connectivity index (χ2n) is 6.26. The third-order valence-electron chi connectivity index (χ3n) is 4.69. The summed E-state index contributed by atoms with van der Waals surface area (Å²) in [5.41, 5.74) is 1.39. The molecule has 1 aliphatic heterocycles. The molecule has 2 unspecified atom stereocenters. The maximum Gasteiger partial charge on any atom is 0.226 e. The Hall–Kier alpha value is -1.44. The highest BCUT2D eigenvalue weighted by atomic mass is 35.5. The molecule has 1 saturated carbocycles. The van der Waals surface area contributed by atoms with E-state index in [0.29, 0.717) is 17.5 Å². The number of nitrogens with zero attached hydrogens (tertiary/aromatic N) is 4. The van der Waals surface area contributed by atoms with Gasteiger partial charge in [0.2, 0.25) is 5.28 Å². The van der Waals surface area contributed by atoms with E-state index in [4.69, 9.17) is 16.3 Å². The molecule has 2 fully saturated rings. The van der Waals surface area contributed by atoms with Crippen LogP contribution in [-0.2, 0) is 4.74 Å². The molecule has 8 heteroatoms. The minimum absolute atomic E-state index is 0.0351. The van der Waals surface area contributed by atoms with Crippen molar-refractivity contribution in [1.29, 1.82) is 0 Å². The quantitative estimate of drug-likeness (QED) is 0.834. The number of ether oxygens (including phenoxy) is 1. The van der Waals surface area contributed by atoms with Crippen LogP contribution in [0.4, 0.5) is 5.82 Å². The van der Waals surface area contributed by atoms with Gasteiger partial charge in [-0.2, -0.15) is 9.97 Å². The number of halogens is 1. The van der Waals surface area contributed by atoms with Crippen LogP contribution in [0.1, 0.15) is 44.8 Å². The fourth-order valence-corrected chi connectivity index (χ4v) is 3.66. The van der Waals surface area contributed by atoms with Gasteiger partial charge in [-0.3, -0.25) is 4.57 Å². The number of anilines is 1. The van der Waals surface area contributed by atoms with Crippen molar-refractivity contribution in [2.45, 2.75) is 56.9 Å². The lowest BCUT2D eigenvalue weighted by molar-refractivity contribution is -0.0207. The van der Waals surface area contributed by atoms with Gasteiger partial charge >= 0.3 is 0 Å². The highest BCUT2D eigenvalue weighted by Gasteiger charge is 2.28. The second kappa shape index (κ2) is 6.22. The van der Waals surface area contributed by atoms with Gasteiger partial charge < -0.3 is 15.2 Å². The molecule has 124 valence electrons. The van der Waals surface area contributed by atoms with Gasteiger partial charge in [0.05, 0.1) is 19.0 Å². The minimum atomic E-state index is -0.164. The van der Waals surface area contributed by atoms with Crippen LogP contribution >= 0.6 is 11.6 Å². The number of rotatable bonds is 4. The zero-order chi connectivity index (χ0) is 15.8. The third-order valence-corrected chi connectivity index (χ3v) is 4.86. The lowest BCUT2D eigenvalue weighted by Crippen LogP contribution is -2.16. The van der Waals surface area contributed by atoms with Gasteiger partial charge in [0.25, 0.3) is 0 Å². The maximum atomic E-state index is 9.24. The molecule has 1 aliphatic carbocycles. The lowest BCUT2D eigenvalue weighted by Gasteiger charge is -2.15. The van der Waals surface area contributed by atoms with Crippen LogP contribution in [0.3, 0.4) is 0 Å². The van der Waals surface area contributed by atoms with Gasteiger partial charge in [-0.05, 0) is 37.3 Å². The summed E-state index contributed by atoms with van der Waals surface area (Å²) in [4.78, 5) is 13.1. The molecule has 23 heavy (non-hydrogen) atoms. The number of aliphatic hydroxyl groups excluding tert-OH is 1. The van der Waals surface area contributed by atoms with Crippen molar-refractivity contribution in [2.75, 3.05) is 11.9 Å². The van der Waals surface area contributed by atoms with E-state index in [1.54, 1.807) is 6.33 Å². The summed E-state index contributed by atoms with van der Waals surface area (Å²) in [5, 5.41) is 12.9. The minimum Gasteiger partial charge on any atom is -0.394 e. The molecule has 2 aromatic heterocycles. The van der Waals surface area contributed by atoms with E-state index in [-0.39, 0.29) is 24.2 Å². The van der Waals surface area contributed by atoms with Crippen LogP contribution in [0, 0.1) is 0 Å². The summed E-state index contributed by atoms with van der Waals surface area (Å²) in [5.74, 6) is 0.697. The van der Waals surface area contributed by atoms with E-state index in [9.17, 15) is 5.11 Å². The zero-order valence-corrected chi connectivity index (χ0v) is 13.5. The van der Waals surface area contributed by atoms with Gasteiger partial charge in [0.15, 0.2) is 17.0 Å². The normalized spacial score (nSPS) is 25.5. The van der Waals surface area contributed by atoms with Gasteiger partial charge in [0.1, 0.15) is 6.23 Å². The maximum absolute atomic E-state index is 9.24. The highest BCUT2D eigenvalue weighted by molar-refractivity contribution is 6.28. The molecule has 4 rings (SSSR count). The van der Waals surface area contributed by atoms with Gasteiger partial charge in [0, 0.05) is 6.04 Å². The monoisotopic (exact) mass is 337 g/mol. The number of aromatic nitrogens is 4. The topological polar surface area (TPSA) is 85.1 Å². The number of hydrogen-bond donors (Lipinski definition) is 2. The molecule has 2 N–H and O–H groups in total. The first-order valence-electron chi connectivity index (χ1n) is 8.17. The number of fused-ring (bicyclic) bond motifs is 1. The molecule has 0 radical (unpaired) electrons. The summed E-state index contributed by atoms with van der Waals surface area (Å²) in [6.45, 7) is 0.0351. The van der Waals surface area contributed by atoms with Crippen molar-refractivity contribution in [1.82, 2.24) is 19.5 Å². The van der Waals surface area contributed by atoms with Crippen LogP contribution in [0.5, 0.6) is 0 Å². The predicted molar refractivity (Wildman–Crippen MR) is 86.4 cm³/mol. The lowest BCUT2D eigenvalue weighted by atomic mass is 10.2. The molecule has 2 aromatic rings. The van der Waals surface area contributed by atoms with E-state index < -0.39 is 0 Å². The van der Waals surface area contributed by atoms with Gasteiger partial charge in [-0.1, -0.05) is 12.8 Å². The Morgan fingerprint density at radius 2 is 2.09 bits per heavy atom. The molecule has 0 spiro atoms. The van der Waals surface area contributed by atoms with Crippen LogP contribution in [0.2, 0.25) is 5.28 Å². The number of imidazole rings is 1. The third kappa shape index (κ3) is 2.88. The van der Waals surface area contributed by atoms with Crippen molar-refractivity contribution in [3.63, 3.8) is 0 Å². The number of nitrogens with one attached hydrogen (secondary N) is 1. The van der Waals surface area contributed by atoms with E-state index in [2.05, 4.69) is 20.3 Å². The van der Waals surface area contributed by atoms with Crippen LogP contribution < -0.4 is 5.32 Å². The summed E-state index contributed by atoms with van der Waals surface area (Å²) in [7, 11) is 0. The largest absolute Gasteiger partial charge is 0.394 e. The van der Waals surface area contributed by atoms with Crippen molar-refractivity contribution >= 4 is 28.6 Å². The fraction of sp³-hybridized carbons (Fsp3) is 0.667. The number of hydrogen-bond acceptors (Lipinski definition) is 6. The molecular formula is C15H20ClN5O2. The standard InChI is InChI=1S/C15H20ClN5O2/c16-15-19-13(18-9-3-1-2-4-9)12-14(20-15)21(8-17-12)11-6-5-10(7-22)23-11/h8-11,22H,1-7H2,(H,18,19,20). The molecule has 7 nitrogen and oxygen atoms in total. The van der Waals surface area contributed by atoms with Crippen molar-refractivity contribution in [3.8, 4) is 0 Å². The fourth-order valence-electron chi connectivity index (χ4n) is 3.49. The van der Waals surface area contributed by atoms with E-state index in [1.807, 2.05) is 4.57 Å². The molecule has 0 amide bonds. The van der Waals surface area contributed by atoms with Crippen LogP contribution in [0.15, 0.2) is 6.33 Å². The van der Waals surface area contributed by atoms with Gasteiger partial charge in [-0.25, -0.2) is 4.98 Å². The van der Waals surface area contributed by atoms with E-state index in [1.165, 1.54) is 12.8 Å². The molecule has 0 aromatic carbocycles. The highest BCUT2D eigenvalue weighted by Crippen LogP contribution is 2.32. The average Bonchev–Trinajstić information content (AvgIpc) is 3.26. The Bertz CT molecular complexity index is 700. The molecule has 0 bridgehead atoms. The first kappa shape index (κ1) is 15.1. The second-order valence-corrected chi connectivity index (χ2v) is 6.60. The van der Waals surface area contributed by atoms with Gasteiger partial charge in [-0.15, -0.1) is 0 Å². The number of aliphatic hydroxyl groups is 1. The van der Waals surface area contributed by atoms with E-state index >= 15 is 0 Å². The summed E-state index contributed by atoms with van der Waals surface area (Å²) >= 11 is 6.12. The molecular weight excluding hydrogens is 318 g/mol. The molecule has 3 heterocycles. The zero-order valence-electron chi connectivity index (χ0n) is 12.8. The Morgan fingerprint density at radius 3 is 2.83 bits per heavy atom.